The fraction of sp³-hybridized carbons (Fsp3) is 0.154. The third-order valence-electron chi connectivity index (χ3n) is 5.75. The van der Waals surface area contributed by atoms with E-state index in [1.807, 2.05) is 18.2 Å². The topological polar surface area (TPSA) is 67.4 Å². The molecule has 2 N–H and O–H groups in total. The van der Waals surface area contributed by atoms with E-state index < -0.39 is 0 Å². The van der Waals surface area contributed by atoms with Gasteiger partial charge in [-0.15, -0.1) is 0 Å². The van der Waals surface area contributed by atoms with Crippen LogP contribution in [0.2, 0.25) is 5.02 Å². The maximum Gasteiger partial charge on any atom is 0.291 e. The van der Waals surface area contributed by atoms with Gasteiger partial charge < -0.3 is 15.4 Å². The quantitative estimate of drug-likeness (QED) is 0.523. The monoisotopic (exact) mass is 444 g/mol. The molecule has 3 aromatic rings. The number of hydrogen-bond donors (Lipinski definition) is 2. The van der Waals surface area contributed by atoms with Crippen molar-refractivity contribution in [1.29, 1.82) is 0 Å². The van der Waals surface area contributed by atoms with Crippen LogP contribution in [0.5, 0.6) is 5.75 Å². The van der Waals surface area contributed by atoms with Crippen LogP contribution in [0.1, 0.15) is 45.9 Å². The van der Waals surface area contributed by atoms with E-state index in [4.69, 9.17) is 16.3 Å². The third-order valence-corrected chi connectivity index (χ3v) is 5.99. The van der Waals surface area contributed by atoms with Crippen molar-refractivity contribution in [1.82, 2.24) is 5.32 Å². The van der Waals surface area contributed by atoms with Crippen molar-refractivity contribution >= 4 is 35.2 Å². The highest BCUT2D eigenvalue weighted by atomic mass is 35.5. The zero-order valence-corrected chi connectivity index (χ0v) is 18.0. The summed E-state index contributed by atoms with van der Waals surface area (Å²) in [5.41, 5.74) is 4.16. The largest absolute Gasteiger partial charge is 0.449 e. The predicted molar refractivity (Wildman–Crippen MR) is 125 cm³/mol. The Bertz CT molecular complexity index is 1250. The molecule has 2 amide bonds. The average Bonchev–Trinajstić information content (AvgIpc) is 2.79. The molecule has 0 bridgehead atoms. The van der Waals surface area contributed by atoms with Gasteiger partial charge in [-0.2, -0.15) is 0 Å². The van der Waals surface area contributed by atoms with Crippen LogP contribution >= 0.6 is 11.6 Å². The molecule has 160 valence electrons. The molecule has 1 unspecified atom stereocenters. The SMILES string of the molecule is O=C1Nc2cc(C(=O)NC3CCCc4ccccc43)ccc2OC1=Cc1cccc(Cl)c1. The number of anilines is 1. The van der Waals surface area contributed by atoms with Gasteiger partial charge in [-0.1, -0.05) is 48.0 Å². The first-order chi connectivity index (χ1) is 15.6. The minimum atomic E-state index is -0.378. The lowest BCUT2D eigenvalue weighted by atomic mass is 9.87. The van der Waals surface area contributed by atoms with Crippen LogP contribution in [-0.2, 0) is 11.2 Å². The summed E-state index contributed by atoms with van der Waals surface area (Å²) in [6.07, 6.45) is 4.62. The van der Waals surface area contributed by atoms with Gasteiger partial charge in [-0.25, -0.2) is 0 Å². The molecule has 1 heterocycles. The van der Waals surface area contributed by atoms with Crippen LogP contribution in [-0.4, -0.2) is 11.8 Å². The van der Waals surface area contributed by atoms with Crippen LogP contribution in [0.4, 0.5) is 5.69 Å². The first kappa shape index (κ1) is 20.3. The van der Waals surface area contributed by atoms with E-state index in [9.17, 15) is 9.59 Å². The fourth-order valence-corrected chi connectivity index (χ4v) is 4.39. The van der Waals surface area contributed by atoms with Crippen molar-refractivity contribution in [2.45, 2.75) is 25.3 Å². The normalized spacial score (nSPS) is 18.2. The Hall–Kier alpha value is -3.57. The van der Waals surface area contributed by atoms with Crippen LogP contribution < -0.4 is 15.4 Å². The molecule has 0 saturated heterocycles. The lowest BCUT2D eigenvalue weighted by molar-refractivity contribution is -0.115. The Morgan fingerprint density at radius 2 is 1.97 bits per heavy atom. The number of nitrogens with one attached hydrogen (secondary N) is 2. The van der Waals surface area contributed by atoms with Gasteiger partial charge in [0.25, 0.3) is 11.8 Å². The molecule has 6 heteroatoms. The zero-order valence-electron chi connectivity index (χ0n) is 17.2. The van der Waals surface area contributed by atoms with E-state index >= 15 is 0 Å². The number of carbonyl (C=O) groups excluding carboxylic acids is 2. The van der Waals surface area contributed by atoms with E-state index in [2.05, 4.69) is 22.8 Å². The second kappa shape index (κ2) is 8.52. The second-order valence-corrected chi connectivity index (χ2v) is 8.38. The Labute approximate surface area is 191 Å². The van der Waals surface area contributed by atoms with Crippen LogP contribution in [0.15, 0.2) is 72.5 Å². The third kappa shape index (κ3) is 4.12. The number of fused-ring (bicyclic) bond motifs is 2. The summed E-state index contributed by atoms with van der Waals surface area (Å²) in [5.74, 6) is 0.0912. The van der Waals surface area contributed by atoms with Crippen molar-refractivity contribution in [3.63, 3.8) is 0 Å². The molecule has 5 nitrogen and oxygen atoms in total. The van der Waals surface area contributed by atoms with Crippen LogP contribution in [0.3, 0.4) is 0 Å². The summed E-state index contributed by atoms with van der Waals surface area (Å²) in [6, 6.07) is 20.4. The molecule has 2 aliphatic rings. The number of aryl methyl sites for hydroxylation is 1. The molecule has 0 radical (unpaired) electrons. The first-order valence-electron chi connectivity index (χ1n) is 10.6. The zero-order chi connectivity index (χ0) is 22.1. The molecule has 1 aliphatic heterocycles. The van der Waals surface area contributed by atoms with Crippen LogP contribution in [0.25, 0.3) is 6.08 Å². The van der Waals surface area contributed by atoms with Gasteiger partial charge in [0, 0.05) is 10.6 Å². The number of hydrogen-bond acceptors (Lipinski definition) is 3. The molecule has 1 atom stereocenters. The van der Waals surface area contributed by atoms with E-state index in [1.165, 1.54) is 11.1 Å². The summed E-state index contributed by atoms with van der Waals surface area (Å²) >= 11 is 6.02. The summed E-state index contributed by atoms with van der Waals surface area (Å²) in [4.78, 5) is 25.5. The standard InChI is InChI=1S/C26H21ClN2O3/c27-19-8-3-5-16(13-19)14-24-26(31)29-22-15-18(11-12-23(22)32-24)25(30)28-21-10-4-7-17-6-1-2-9-20(17)21/h1-3,5-6,8-9,11-15,21H,4,7,10H2,(H,28,30)(H,29,31). The molecule has 3 aromatic carbocycles. The van der Waals surface area contributed by atoms with Gasteiger partial charge in [0.05, 0.1) is 11.7 Å². The fourth-order valence-electron chi connectivity index (χ4n) is 4.19. The Morgan fingerprint density at radius 1 is 1.09 bits per heavy atom. The lowest BCUT2D eigenvalue weighted by Crippen LogP contribution is -2.31. The van der Waals surface area contributed by atoms with Gasteiger partial charge in [-0.3, -0.25) is 9.59 Å². The van der Waals surface area contributed by atoms with E-state index in [0.717, 1.165) is 24.8 Å². The summed E-state index contributed by atoms with van der Waals surface area (Å²) in [5, 5.41) is 6.53. The predicted octanol–water partition coefficient (Wildman–Crippen LogP) is 5.52. The molecular formula is C26H21ClN2O3. The van der Waals surface area contributed by atoms with Crippen molar-refractivity contribution in [3.8, 4) is 5.75 Å². The molecule has 5 rings (SSSR count). The van der Waals surface area contributed by atoms with Gasteiger partial charge in [0.2, 0.25) is 0 Å². The average molecular weight is 445 g/mol. The number of rotatable bonds is 3. The molecule has 0 fully saturated rings. The summed E-state index contributed by atoms with van der Waals surface area (Å²) in [7, 11) is 0. The van der Waals surface area contributed by atoms with Crippen molar-refractivity contribution in [2.75, 3.05) is 5.32 Å². The van der Waals surface area contributed by atoms with Gasteiger partial charge in [0.1, 0.15) is 0 Å². The number of halogens is 1. The van der Waals surface area contributed by atoms with Crippen molar-refractivity contribution in [2.24, 2.45) is 0 Å². The Balaban J connectivity index is 1.35. The highest BCUT2D eigenvalue weighted by Gasteiger charge is 2.25. The molecular weight excluding hydrogens is 424 g/mol. The minimum absolute atomic E-state index is 0.0124. The number of ether oxygens (including phenoxy) is 1. The highest BCUT2D eigenvalue weighted by Crippen LogP contribution is 2.34. The lowest BCUT2D eigenvalue weighted by Gasteiger charge is -2.26. The van der Waals surface area contributed by atoms with Gasteiger partial charge >= 0.3 is 0 Å². The van der Waals surface area contributed by atoms with Crippen molar-refractivity contribution < 1.29 is 14.3 Å². The first-order valence-corrected chi connectivity index (χ1v) is 10.9. The van der Waals surface area contributed by atoms with E-state index in [-0.39, 0.29) is 23.6 Å². The van der Waals surface area contributed by atoms with Crippen molar-refractivity contribution in [3.05, 3.63) is 99.8 Å². The minimum Gasteiger partial charge on any atom is -0.449 e. The summed E-state index contributed by atoms with van der Waals surface area (Å²) in [6.45, 7) is 0. The molecule has 0 saturated carbocycles. The number of amides is 2. The maximum atomic E-state index is 12.9. The molecule has 0 spiro atoms. The second-order valence-electron chi connectivity index (χ2n) is 7.95. The molecule has 0 aromatic heterocycles. The van der Waals surface area contributed by atoms with E-state index in [1.54, 1.807) is 42.5 Å². The van der Waals surface area contributed by atoms with Gasteiger partial charge in [-0.05, 0) is 72.4 Å². The maximum absolute atomic E-state index is 12.9. The Morgan fingerprint density at radius 3 is 2.84 bits per heavy atom. The summed E-state index contributed by atoms with van der Waals surface area (Å²) < 4.78 is 5.79. The molecule has 1 aliphatic carbocycles. The highest BCUT2D eigenvalue weighted by molar-refractivity contribution is 6.30. The number of carbonyl (C=O) groups is 2. The smallest absolute Gasteiger partial charge is 0.291 e. The van der Waals surface area contributed by atoms with Crippen LogP contribution in [0, 0.1) is 0 Å². The Kier molecular flexibility index (Phi) is 5.41. The van der Waals surface area contributed by atoms with Gasteiger partial charge in [0.15, 0.2) is 11.5 Å². The number of benzene rings is 3. The van der Waals surface area contributed by atoms with E-state index in [0.29, 0.717) is 22.0 Å². The molecule has 32 heavy (non-hydrogen) atoms.